The average molecular weight is 272 g/mol. The first-order valence-electron chi connectivity index (χ1n) is 5.79. The standard InChI is InChI=1S/C13H15F3N2O/c1-18(7-6-13(14,15)16)8-9-19-12-4-2-11(10-17)3-5-12/h2-5H,6-9H2,1H3. The minimum Gasteiger partial charge on any atom is -0.492 e. The van der Waals surface area contributed by atoms with E-state index in [-0.39, 0.29) is 6.54 Å². The average Bonchev–Trinajstić information content (AvgIpc) is 2.36. The lowest BCUT2D eigenvalue weighted by Gasteiger charge is -2.17. The normalized spacial score (nSPS) is 11.4. The first-order chi connectivity index (χ1) is 8.90. The van der Waals surface area contributed by atoms with Crippen molar-refractivity contribution in [3.05, 3.63) is 29.8 Å². The van der Waals surface area contributed by atoms with Crippen LogP contribution in [-0.4, -0.2) is 37.8 Å². The first kappa shape index (κ1) is 15.3. The molecular weight excluding hydrogens is 257 g/mol. The maximum Gasteiger partial charge on any atom is 0.390 e. The number of rotatable bonds is 6. The van der Waals surface area contributed by atoms with E-state index in [2.05, 4.69) is 0 Å². The van der Waals surface area contributed by atoms with Crippen molar-refractivity contribution in [1.82, 2.24) is 4.90 Å². The minimum atomic E-state index is -4.12. The molecule has 0 saturated carbocycles. The molecule has 0 fully saturated rings. The number of hydrogen-bond acceptors (Lipinski definition) is 3. The molecular formula is C13H15F3N2O. The molecule has 0 unspecified atom stereocenters. The lowest BCUT2D eigenvalue weighted by atomic mass is 10.2. The van der Waals surface area contributed by atoms with Crippen LogP contribution in [0.3, 0.4) is 0 Å². The molecule has 0 aliphatic rings. The van der Waals surface area contributed by atoms with Crippen LogP contribution in [0.2, 0.25) is 0 Å². The van der Waals surface area contributed by atoms with Gasteiger partial charge in [-0.15, -0.1) is 0 Å². The van der Waals surface area contributed by atoms with Crippen LogP contribution in [0.15, 0.2) is 24.3 Å². The highest BCUT2D eigenvalue weighted by atomic mass is 19.4. The largest absolute Gasteiger partial charge is 0.492 e. The maximum atomic E-state index is 12.0. The quantitative estimate of drug-likeness (QED) is 0.799. The highest BCUT2D eigenvalue weighted by Crippen LogP contribution is 2.19. The van der Waals surface area contributed by atoms with E-state index in [0.717, 1.165) is 0 Å². The highest BCUT2D eigenvalue weighted by Gasteiger charge is 2.26. The first-order valence-corrected chi connectivity index (χ1v) is 5.79. The second-order valence-electron chi connectivity index (χ2n) is 4.15. The summed E-state index contributed by atoms with van der Waals surface area (Å²) in [6, 6.07) is 8.57. The molecule has 0 aliphatic carbocycles. The predicted octanol–water partition coefficient (Wildman–Crippen LogP) is 2.82. The topological polar surface area (TPSA) is 36.3 Å². The molecule has 1 aromatic rings. The molecule has 104 valence electrons. The van der Waals surface area contributed by atoms with Gasteiger partial charge in [0.2, 0.25) is 0 Å². The second-order valence-corrected chi connectivity index (χ2v) is 4.15. The van der Waals surface area contributed by atoms with Crippen LogP contribution in [0.1, 0.15) is 12.0 Å². The third-order valence-electron chi connectivity index (χ3n) is 2.50. The van der Waals surface area contributed by atoms with Crippen molar-refractivity contribution in [2.75, 3.05) is 26.7 Å². The lowest BCUT2D eigenvalue weighted by molar-refractivity contribution is -0.137. The van der Waals surface area contributed by atoms with Crippen molar-refractivity contribution >= 4 is 0 Å². The van der Waals surface area contributed by atoms with Gasteiger partial charge in [0.15, 0.2) is 0 Å². The molecule has 0 amide bonds. The van der Waals surface area contributed by atoms with Crippen LogP contribution in [0, 0.1) is 11.3 Å². The zero-order valence-corrected chi connectivity index (χ0v) is 10.6. The molecule has 19 heavy (non-hydrogen) atoms. The van der Waals surface area contributed by atoms with Crippen molar-refractivity contribution in [1.29, 1.82) is 5.26 Å². The number of nitriles is 1. The van der Waals surface area contributed by atoms with Gasteiger partial charge in [0.1, 0.15) is 12.4 Å². The van der Waals surface area contributed by atoms with Crippen molar-refractivity contribution in [2.24, 2.45) is 0 Å². The molecule has 0 saturated heterocycles. The molecule has 3 nitrogen and oxygen atoms in total. The van der Waals surface area contributed by atoms with Gasteiger partial charge in [0.05, 0.1) is 18.1 Å². The summed E-state index contributed by atoms with van der Waals surface area (Å²) in [4.78, 5) is 1.57. The Hall–Kier alpha value is -1.74. The van der Waals surface area contributed by atoms with E-state index < -0.39 is 12.6 Å². The number of benzene rings is 1. The van der Waals surface area contributed by atoms with Crippen LogP contribution >= 0.6 is 0 Å². The Morgan fingerprint density at radius 3 is 2.37 bits per heavy atom. The number of hydrogen-bond donors (Lipinski definition) is 0. The Morgan fingerprint density at radius 2 is 1.84 bits per heavy atom. The summed E-state index contributed by atoms with van der Waals surface area (Å²) in [6.07, 6.45) is -4.94. The minimum absolute atomic E-state index is 0.0414. The van der Waals surface area contributed by atoms with E-state index in [9.17, 15) is 13.2 Å². The Bertz CT molecular complexity index is 423. The van der Waals surface area contributed by atoms with Gasteiger partial charge < -0.3 is 9.64 Å². The van der Waals surface area contributed by atoms with Crippen molar-refractivity contribution in [3.63, 3.8) is 0 Å². The van der Waals surface area contributed by atoms with Crippen molar-refractivity contribution in [2.45, 2.75) is 12.6 Å². The Balaban J connectivity index is 2.24. The second kappa shape index (κ2) is 7.00. The Morgan fingerprint density at radius 1 is 1.21 bits per heavy atom. The van der Waals surface area contributed by atoms with Gasteiger partial charge >= 0.3 is 6.18 Å². The summed E-state index contributed by atoms with van der Waals surface area (Å²) in [5.41, 5.74) is 0.537. The highest BCUT2D eigenvalue weighted by molar-refractivity contribution is 5.34. The third kappa shape index (κ3) is 6.67. The maximum absolute atomic E-state index is 12.0. The molecule has 0 aromatic heterocycles. The van der Waals surface area contributed by atoms with Gasteiger partial charge in [-0.1, -0.05) is 0 Å². The predicted molar refractivity (Wildman–Crippen MR) is 64.8 cm³/mol. The summed E-state index contributed by atoms with van der Waals surface area (Å²) in [7, 11) is 1.62. The van der Waals surface area contributed by atoms with Crippen LogP contribution in [0.25, 0.3) is 0 Å². The van der Waals surface area contributed by atoms with Crippen LogP contribution in [0.5, 0.6) is 5.75 Å². The molecule has 6 heteroatoms. The number of ether oxygens (including phenoxy) is 1. The van der Waals surface area contributed by atoms with Crippen LogP contribution in [-0.2, 0) is 0 Å². The number of alkyl halides is 3. The summed E-state index contributed by atoms with van der Waals surface area (Å²) in [5.74, 6) is 0.600. The van der Waals surface area contributed by atoms with Gasteiger partial charge in [-0.3, -0.25) is 0 Å². The zero-order valence-electron chi connectivity index (χ0n) is 10.6. The molecule has 0 N–H and O–H groups in total. The molecule has 0 atom stereocenters. The van der Waals surface area contributed by atoms with Crippen LogP contribution in [0.4, 0.5) is 13.2 Å². The molecule has 1 rings (SSSR count). The van der Waals surface area contributed by atoms with E-state index >= 15 is 0 Å². The van der Waals surface area contributed by atoms with Crippen LogP contribution < -0.4 is 4.74 Å². The van der Waals surface area contributed by atoms with Crippen molar-refractivity contribution in [3.8, 4) is 11.8 Å². The van der Waals surface area contributed by atoms with E-state index in [1.54, 1.807) is 36.2 Å². The number of nitrogens with zero attached hydrogens (tertiary/aromatic N) is 2. The van der Waals surface area contributed by atoms with Crippen molar-refractivity contribution < 1.29 is 17.9 Å². The Kier molecular flexibility index (Phi) is 5.64. The van der Waals surface area contributed by atoms with Gasteiger partial charge in [0, 0.05) is 13.1 Å². The lowest BCUT2D eigenvalue weighted by Crippen LogP contribution is -2.28. The molecule has 1 aromatic carbocycles. The molecule has 0 radical (unpaired) electrons. The van der Waals surface area contributed by atoms with E-state index in [1.807, 2.05) is 6.07 Å². The SMILES string of the molecule is CN(CCOc1ccc(C#N)cc1)CCC(F)(F)F. The monoisotopic (exact) mass is 272 g/mol. The zero-order chi connectivity index (χ0) is 14.3. The number of halogens is 3. The molecule has 0 spiro atoms. The molecule has 0 bridgehead atoms. The smallest absolute Gasteiger partial charge is 0.390 e. The van der Waals surface area contributed by atoms with E-state index in [1.165, 1.54) is 0 Å². The number of likely N-dealkylation sites (N-methyl/N-ethyl adjacent to an activating group) is 1. The third-order valence-corrected chi connectivity index (χ3v) is 2.50. The Labute approximate surface area is 110 Å². The van der Waals surface area contributed by atoms with Gasteiger partial charge in [-0.25, -0.2) is 0 Å². The fourth-order valence-corrected chi connectivity index (χ4v) is 1.37. The van der Waals surface area contributed by atoms with E-state index in [0.29, 0.717) is 24.5 Å². The van der Waals surface area contributed by atoms with Gasteiger partial charge in [-0.05, 0) is 31.3 Å². The van der Waals surface area contributed by atoms with Gasteiger partial charge in [-0.2, -0.15) is 18.4 Å². The van der Waals surface area contributed by atoms with E-state index in [4.69, 9.17) is 10.00 Å². The fraction of sp³-hybridized carbons (Fsp3) is 0.462. The summed E-state index contributed by atoms with van der Waals surface area (Å²) >= 11 is 0. The summed E-state index contributed by atoms with van der Waals surface area (Å²) in [5, 5.41) is 8.61. The summed E-state index contributed by atoms with van der Waals surface area (Å²) in [6.45, 7) is 0.677. The molecule has 0 heterocycles. The molecule has 0 aliphatic heterocycles. The summed E-state index contributed by atoms with van der Waals surface area (Å²) < 4.78 is 41.3. The van der Waals surface area contributed by atoms with Gasteiger partial charge in [0.25, 0.3) is 0 Å². The fourth-order valence-electron chi connectivity index (χ4n) is 1.37.